The Labute approximate surface area is 128 Å². The van der Waals surface area contributed by atoms with Gasteiger partial charge in [-0.25, -0.2) is 12.8 Å². The third kappa shape index (κ3) is 2.85. The Morgan fingerprint density at radius 1 is 1.00 bits per heavy atom. The largest absolute Gasteiger partial charge is 0.495 e. The van der Waals surface area contributed by atoms with Gasteiger partial charge in [-0.05, 0) is 30.3 Å². The molecule has 0 amide bonds. The molecule has 0 saturated carbocycles. The molecule has 0 heterocycles. The summed E-state index contributed by atoms with van der Waals surface area (Å²) in [6, 6.07) is 10.2. The second kappa shape index (κ2) is 6.23. The van der Waals surface area contributed by atoms with Crippen molar-refractivity contribution in [3.05, 3.63) is 48.3 Å². The summed E-state index contributed by atoms with van der Waals surface area (Å²) in [5.41, 5.74) is 0.362. The molecule has 22 heavy (non-hydrogen) atoms. The molecule has 0 aliphatic carbocycles. The third-order valence-corrected chi connectivity index (χ3v) is 4.97. The van der Waals surface area contributed by atoms with Crippen LogP contribution in [0.3, 0.4) is 0 Å². The number of sulfonamides is 1. The quantitative estimate of drug-likeness (QED) is 0.848. The van der Waals surface area contributed by atoms with Crippen LogP contribution in [-0.4, -0.2) is 29.7 Å². The van der Waals surface area contributed by atoms with Gasteiger partial charge < -0.3 is 9.47 Å². The van der Waals surface area contributed by atoms with Crippen molar-refractivity contribution in [1.29, 1.82) is 0 Å². The van der Waals surface area contributed by atoms with Crippen molar-refractivity contribution in [2.24, 2.45) is 0 Å². The Morgan fingerprint density at radius 2 is 1.64 bits per heavy atom. The van der Waals surface area contributed by atoms with E-state index in [1.54, 1.807) is 24.3 Å². The van der Waals surface area contributed by atoms with E-state index in [-0.39, 0.29) is 10.6 Å². The normalized spacial score (nSPS) is 11.1. The molecule has 2 rings (SSSR count). The molecule has 0 aromatic heterocycles. The number of nitrogens with zero attached hydrogens (tertiary/aromatic N) is 1. The fourth-order valence-electron chi connectivity index (χ4n) is 1.99. The van der Waals surface area contributed by atoms with Gasteiger partial charge in [0.25, 0.3) is 10.0 Å². The lowest BCUT2D eigenvalue weighted by molar-refractivity contribution is 0.385. The van der Waals surface area contributed by atoms with E-state index in [1.165, 1.54) is 33.4 Å². The minimum atomic E-state index is -3.91. The first-order chi connectivity index (χ1) is 10.4. The summed E-state index contributed by atoms with van der Waals surface area (Å²) in [5.74, 6) is -0.349. The Morgan fingerprint density at radius 3 is 2.23 bits per heavy atom. The van der Waals surface area contributed by atoms with Crippen molar-refractivity contribution in [3.8, 4) is 11.5 Å². The highest BCUT2D eigenvalue weighted by Gasteiger charge is 2.24. The summed E-state index contributed by atoms with van der Waals surface area (Å²) >= 11 is 0. The van der Waals surface area contributed by atoms with Crippen molar-refractivity contribution < 1.29 is 22.3 Å². The number of hydrogen-bond donors (Lipinski definition) is 0. The summed E-state index contributed by atoms with van der Waals surface area (Å²) in [7, 11) is 0.234. The first kappa shape index (κ1) is 16.1. The van der Waals surface area contributed by atoms with Crippen molar-refractivity contribution in [1.82, 2.24) is 0 Å². The molecule has 0 radical (unpaired) electrons. The first-order valence-electron chi connectivity index (χ1n) is 6.37. The van der Waals surface area contributed by atoms with E-state index in [0.29, 0.717) is 11.4 Å². The minimum Gasteiger partial charge on any atom is -0.495 e. The highest BCUT2D eigenvalue weighted by molar-refractivity contribution is 7.92. The van der Waals surface area contributed by atoms with Gasteiger partial charge >= 0.3 is 0 Å². The maximum atomic E-state index is 13.8. The number of methoxy groups -OCH3 is 2. The Balaban J connectivity index is 2.47. The van der Waals surface area contributed by atoms with Crippen LogP contribution in [0.4, 0.5) is 10.1 Å². The minimum absolute atomic E-state index is 0.0149. The molecular formula is C15H16FNO4S. The average Bonchev–Trinajstić information content (AvgIpc) is 2.53. The number of benzene rings is 2. The fraction of sp³-hybridized carbons (Fsp3) is 0.200. The monoisotopic (exact) mass is 325 g/mol. The lowest BCUT2D eigenvalue weighted by Crippen LogP contribution is -2.27. The third-order valence-electron chi connectivity index (χ3n) is 3.21. The van der Waals surface area contributed by atoms with Gasteiger partial charge in [0.2, 0.25) is 0 Å². The molecule has 0 N–H and O–H groups in total. The number of ether oxygens (including phenoxy) is 2. The van der Waals surface area contributed by atoms with Gasteiger partial charge in [-0.1, -0.05) is 12.1 Å². The van der Waals surface area contributed by atoms with Gasteiger partial charge in [0.1, 0.15) is 5.75 Å². The van der Waals surface area contributed by atoms with Crippen LogP contribution in [0.25, 0.3) is 0 Å². The topological polar surface area (TPSA) is 55.8 Å². The zero-order valence-electron chi connectivity index (χ0n) is 12.4. The molecule has 0 unspecified atom stereocenters. The number of anilines is 1. The van der Waals surface area contributed by atoms with Gasteiger partial charge in [-0.2, -0.15) is 0 Å². The van der Waals surface area contributed by atoms with E-state index in [9.17, 15) is 12.8 Å². The molecular weight excluding hydrogens is 309 g/mol. The van der Waals surface area contributed by atoms with Crippen LogP contribution in [0, 0.1) is 5.82 Å². The molecule has 0 spiro atoms. The van der Waals surface area contributed by atoms with Gasteiger partial charge in [0, 0.05) is 7.05 Å². The first-order valence-corrected chi connectivity index (χ1v) is 7.81. The summed E-state index contributed by atoms with van der Waals surface area (Å²) in [6.45, 7) is 0. The van der Waals surface area contributed by atoms with E-state index in [4.69, 9.17) is 9.47 Å². The number of rotatable bonds is 5. The zero-order chi connectivity index (χ0) is 16.3. The van der Waals surface area contributed by atoms with Crippen LogP contribution >= 0.6 is 0 Å². The second-order valence-electron chi connectivity index (χ2n) is 4.44. The molecule has 0 fully saturated rings. The number of hydrogen-bond acceptors (Lipinski definition) is 4. The van der Waals surface area contributed by atoms with Crippen molar-refractivity contribution in [2.75, 3.05) is 25.6 Å². The van der Waals surface area contributed by atoms with Gasteiger partial charge in [-0.15, -0.1) is 0 Å². The molecule has 2 aromatic carbocycles. The molecule has 7 heteroatoms. The summed E-state index contributed by atoms with van der Waals surface area (Å²) in [4.78, 5) is -0.167. The Bertz CT molecular complexity index is 777. The van der Waals surface area contributed by atoms with Crippen LogP contribution in [0.2, 0.25) is 0 Å². The lowest BCUT2D eigenvalue weighted by Gasteiger charge is -2.21. The highest BCUT2D eigenvalue weighted by atomic mass is 32.2. The molecule has 0 saturated heterocycles. The number of para-hydroxylation sites is 2. The average molecular weight is 325 g/mol. The molecule has 118 valence electrons. The predicted molar refractivity (Wildman–Crippen MR) is 81.5 cm³/mol. The van der Waals surface area contributed by atoms with Gasteiger partial charge in [0.15, 0.2) is 11.6 Å². The van der Waals surface area contributed by atoms with Crippen molar-refractivity contribution >= 4 is 15.7 Å². The maximum Gasteiger partial charge on any atom is 0.264 e. The van der Waals surface area contributed by atoms with E-state index in [2.05, 4.69) is 0 Å². The zero-order valence-corrected chi connectivity index (χ0v) is 13.2. The standard InChI is InChI=1S/C15H16FNO4S/c1-17(13-6-4-5-7-15(13)21-3)22(18,19)11-8-9-14(20-2)12(16)10-11/h4-10H,1-3H3. The van der Waals surface area contributed by atoms with Crippen LogP contribution in [-0.2, 0) is 10.0 Å². The Kier molecular flexibility index (Phi) is 4.56. The van der Waals surface area contributed by atoms with Gasteiger partial charge in [0.05, 0.1) is 24.8 Å². The summed E-state index contributed by atoms with van der Waals surface area (Å²) in [6.07, 6.45) is 0. The summed E-state index contributed by atoms with van der Waals surface area (Å²) in [5, 5.41) is 0. The molecule has 0 bridgehead atoms. The SMILES string of the molecule is COc1ccc(S(=O)(=O)N(C)c2ccccc2OC)cc1F. The second-order valence-corrected chi connectivity index (χ2v) is 6.41. The maximum absolute atomic E-state index is 13.8. The molecule has 5 nitrogen and oxygen atoms in total. The summed E-state index contributed by atoms with van der Waals surface area (Å²) < 4.78 is 50.0. The van der Waals surface area contributed by atoms with Crippen LogP contribution < -0.4 is 13.8 Å². The molecule has 0 atom stereocenters. The van der Waals surface area contributed by atoms with Crippen LogP contribution in [0.15, 0.2) is 47.4 Å². The van der Waals surface area contributed by atoms with Crippen molar-refractivity contribution in [3.63, 3.8) is 0 Å². The molecule has 2 aromatic rings. The smallest absolute Gasteiger partial charge is 0.264 e. The van der Waals surface area contributed by atoms with E-state index in [1.807, 2.05) is 0 Å². The fourth-order valence-corrected chi connectivity index (χ4v) is 3.20. The lowest BCUT2D eigenvalue weighted by atomic mass is 10.3. The van der Waals surface area contributed by atoms with Crippen LogP contribution in [0.1, 0.15) is 0 Å². The van der Waals surface area contributed by atoms with E-state index < -0.39 is 15.8 Å². The van der Waals surface area contributed by atoms with E-state index >= 15 is 0 Å². The molecule has 0 aliphatic heterocycles. The highest BCUT2D eigenvalue weighted by Crippen LogP contribution is 2.31. The van der Waals surface area contributed by atoms with Gasteiger partial charge in [-0.3, -0.25) is 4.31 Å². The molecule has 0 aliphatic rings. The van der Waals surface area contributed by atoms with E-state index in [0.717, 1.165) is 10.4 Å². The predicted octanol–water partition coefficient (Wildman–Crippen LogP) is 2.67. The van der Waals surface area contributed by atoms with Crippen LogP contribution in [0.5, 0.6) is 11.5 Å². The van der Waals surface area contributed by atoms with Crippen molar-refractivity contribution in [2.45, 2.75) is 4.90 Å². The Hall–Kier alpha value is -2.28. The number of halogens is 1.